The standard InChI is InChI=1S/C22H28/c1-16(2)18(4)22(5,6)21-14-12-20(13-15-21)17(3)19-10-8-7-9-11-19/h7-16,18H,3H2,1-2,4-6H3. The van der Waals surface area contributed by atoms with Gasteiger partial charge in [-0.15, -0.1) is 0 Å². The molecule has 0 saturated carbocycles. The van der Waals surface area contributed by atoms with Crippen LogP contribution in [0.25, 0.3) is 5.57 Å². The highest BCUT2D eigenvalue weighted by Crippen LogP contribution is 2.36. The quantitative estimate of drug-likeness (QED) is 0.605. The molecular formula is C22H28. The molecule has 0 saturated heterocycles. The van der Waals surface area contributed by atoms with E-state index < -0.39 is 0 Å². The van der Waals surface area contributed by atoms with Crippen molar-refractivity contribution < 1.29 is 0 Å². The lowest BCUT2D eigenvalue weighted by Gasteiger charge is -2.35. The van der Waals surface area contributed by atoms with Crippen LogP contribution >= 0.6 is 0 Å². The van der Waals surface area contributed by atoms with Crippen LogP contribution in [0.1, 0.15) is 51.3 Å². The maximum Gasteiger partial charge on any atom is -0.00755 e. The molecule has 0 heterocycles. The molecule has 0 nitrogen and oxygen atoms in total. The maximum atomic E-state index is 4.25. The Hall–Kier alpha value is -1.82. The van der Waals surface area contributed by atoms with Gasteiger partial charge in [-0.1, -0.05) is 95.8 Å². The molecule has 0 spiro atoms. The monoisotopic (exact) mass is 292 g/mol. The van der Waals surface area contributed by atoms with Gasteiger partial charge < -0.3 is 0 Å². The minimum absolute atomic E-state index is 0.181. The van der Waals surface area contributed by atoms with Crippen molar-refractivity contribution in [2.24, 2.45) is 11.8 Å². The van der Waals surface area contributed by atoms with Gasteiger partial charge in [0.15, 0.2) is 0 Å². The maximum absolute atomic E-state index is 4.25. The summed E-state index contributed by atoms with van der Waals surface area (Å²) in [6, 6.07) is 19.3. The van der Waals surface area contributed by atoms with Gasteiger partial charge in [-0.25, -0.2) is 0 Å². The van der Waals surface area contributed by atoms with E-state index in [1.165, 1.54) is 16.7 Å². The van der Waals surface area contributed by atoms with Gasteiger partial charge in [0.25, 0.3) is 0 Å². The first-order chi connectivity index (χ1) is 10.3. The zero-order valence-electron chi connectivity index (χ0n) is 14.6. The summed E-state index contributed by atoms with van der Waals surface area (Å²) in [4.78, 5) is 0. The van der Waals surface area contributed by atoms with Crippen molar-refractivity contribution in [2.75, 3.05) is 0 Å². The van der Waals surface area contributed by atoms with E-state index in [1.54, 1.807) is 0 Å². The van der Waals surface area contributed by atoms with Crippen LogP contribution in [-0.2, 0) is 5.41 Å². The molecule has 0 heteroatoms. The highest BCUT2D eigenvalue weighted by atomic mass is 14.3. The zero-order chi connectivity index (χ0) is 16.3. The van der Waals surface area contributed by atoms with E-state index in [0.717, 1.165) is 5.57 Å². The largest absolute Gasteiger partial charge is 0.0906 e. The fourth-order valence-corrected chi connectivity index (χ4v) is 3.00. The second-order valence-corrected chi connectivity index (χ2v) is 7.18. The van der Waals surface area contributed by atoms with Gasteiger partial charge in [-0.05, 0) is 39.5 Å². The van der Waals surface area contributed by atoms with Crippen molar-refractivity contribution >= 4 is 5.57 Å². The molecule has 0 aliphatic heterocycles. The van der Waals surface area contributed by atoms with E-state index in [1.807, 2.05) is 6.07 Å². The average molecular weight is 292 g/mol. The van der Waals surface area contributed by atoms with Crippen molar-refractivity contribution in [3.63, 3.8) is 0 Å². The number of rotatable bonds is 5. The van der Waals surface area contributed by atoms with E-state index in [0.29, 0.717) is 11.8 Å². The smallest absolute Gasteiger partial charge is 0.00755 e. The van der Waals surface area contributed by atoms with Crippen molar-refractivity contribution in [3.05, 3.63) is 77.9 Å². The molecule has 0 aromatic heterocycles. The molecule has 22 heavy (non-hydrogen) atoms. The minimum atomic E-state index is 0.181. The van der Waals surface area contributed by atoms with Crippen LogP contribution < -0.4 is 0 Å². The summed E-state index contributed by atoms with van der Waals surface area (Å²) in [5, 5.41) is 0. The van der Waals surface area contributed by atoms with Crippen LogP contribution in [0, 0.1) is 11.8 Å². The number of hydrogen-bond donors (Lipinski definition) is 0. The number of benzene rings is 2. The molecule has 0 fully saturated rings. The lowest BCUT2D eigenvalue weighted by Crippen LogP contribution is -2.30. The van der Waals surface area contributed by atoms with Gasteiger partial charge in [0.2, 0.25) is 0 Å². The van der Waals surface area contributed by atoms with Gasteiger partial charge in [0, 0.05) is 0 Å². The highest BCUT2D eigenvalue weighted by molar-refractivity contribution is 5.78. The van der Waals surface area contributed by atoms with E-state index >= 15 is 0 Å². The van der Waals surface area contributed by atoms with Crippen LogP contribution in [0.2, 0.25) is 0 Å². The Labute approximate surface area is 135 Å². The Morgan fingerprint density at radius 2 is 1.32 bits per heavy atom. The molecular weight excluding hydrogens is 264 g/mol. The Bertz CT molecular complexity index is 615. The Morgan fingerprint density at radius 1 is 0.818 bits per heavy atom. The summed E-state index contributed by atoms with van der Waals surface area (Å²) in [6.45, 7) is 15.9. The normalized spacial score (nSPS) is 13.2. The lowest BCUT2D eigenvalue weighted by atomic mass is 9.69. The van der Waals surface area contributed by atoms with E-state index in [4.69, 9.17) is 0 Å². The molecule has 0 N–H and O–H groups in total. The first kappa shape index (κ1) is 16.5. The second-order valence-electron chi connectivity index (χ2n) is 7.18. The predicted octanol–water partition coefficient (Wildman–Crippen LogP) is 6.32. The van der Waals surface area contributed by atoms with Crippen molar-refractivity contribution in [2.45, 2.75) is 40.0 Å². The van der Waals surface area contributed by atoms with E-state index in [-0.39, 0.29) is 5.41 Å². The molecule has 0 aliphatic rings. The van der Waals surface area contributed by atoms with E-state index in [2.05, 4.69) is 89.7 Å². The molecule has 1 unspecified atom stereocenters. The first-order valence-corrected chi connectivity index (χ1v) is 8.19. The van der Waals surface area contributed by atoms with Crippen LogP contribution in [-0.4, -0.2) is 0 Å². The second kappa shape index (κ2) is 6.52. The molecule has 2 aromatic carbocycles. The summed E-state index contributed by atoms with van der Waals surface area (Å²) in [6.07, 6.45) is 0. The fraction of sp³-hybridized carbons (Fsp3) is 0.364. The summed E-state index contributed by atoms with van der Waals surface area (Å²) in [5.74, 6) is 1.31. The van der Waals surface area contributed by atoms with Gasteiger partial charge >= 0.3 is 0 Å². The Kier molecular flexibility index (Phi) is 4.90. The van der Waals surface area contributed by atoms with Gasteiger partial charge in [0.05, 0.1) is 0 Å². The molecule has 0 radical (unpaired) electrons. The molecule has 0 bridgehead atoms. The zero-order valence-corrected chi connectivity index (χ0v) is 14.6. The molecule has 2 aromatic rings. The molecule has 116 valence electrons. The predicted molar refractivity (Wildman–Crippen MR) is 98.0 cm³/mol. The first-order valence-electron chi connectivity index (χ1n) is 8.19. The van der Waals surface area contributed by atoms with Crippen molar-refractivity contribution in [3.8, 4) is 0 Å². The molecule has 1 atom stereocenters. The average Bonchev–Trinajstić information content (AvgIpc) is 2.54. The van der Waals surface area contributed by atoms with Crippen LogP contribution in [0.4, 0.5) is 0 Å². The van der Waals surface area contributed by atoms with Gasteiger partial charge in [0.1, 0.15) is 0 Å². The molecule has 2 rings (SSSR count). The van der Waals surface area contributed by atoms with Gasteiger partial charge in [-0.3, -0.25) is 0 Å². The summed E-state index contributed by atoms with van der Waals surface area (Å²) in [5.41, 5.74) is 5.05. The Morgan fingerprint density at radius 3 is 1.82 bits per heavy atom. The Balaban J connectivity index is 2.26. The third-order valence-corrected chi connectivity index (χ3v) is 5.24. The van der Waals surface area contributed by atoms with Crippen molar-refractivity contribution in [1.29, 1.82) is 0 Å². The molecule has 0 aliphatic carbocycles. The van der Waals surface area contributed by atoms with Crippen LogP contribution in [0.3, 0.4) is 0 Å². The van der Waals surface area contributed by atoms with E-state index in [9.17, 15) is 0 Å². The minimum Gasteiger partial charge on any atom is -0.0906 e. The summed E-state index contributed by atoms with van der Waals surface area (Å²) in [7, 11) is 0. The summed E-state index contributed by atoms with van der Waals surface area (Å²) >= 11 is 0. The highest BCUT2D eigenvalue weighted by Gasteiger charge is 2.29. The molecule has 0 amide bonds. The van der Waals surface area contributed by atoms with Gasteiger partial charge in [-0.2, -0.15) is 0 Å². The SMILES string of the molecule is C=C(c1ccccc1)c1ccc(C(C)(C)C(C)C(C)C)cc1. The number of hydrogen-bond acceptors (Lipinski definition) is 0. The lowest BCUT2D eigenvalue weighted by molar-refractivity contribution is 0.264. The third kappa shape index (κ3) is 3.32. The van der Waals surface area contributed by atoms with Crippen LogP contribution in [0.15, 0.2) is 61.2 Å². The van der Waals surface area contributed by atoms with Crippen LogP contribution in [0.5, 0.6) is 0 Å². The summed E-state index contributed by atoms with van der Waals surface area (Å²) < 4.78 is 0. The third-order valence-electron chi connectivity index (χ3n) is 5.24. The van der Waals surface area contributed by atoms with Crippen molar-refractivity contribution in [1.82, 2.24) is 0 Å². The topological polar surface area (TPSA) is 0 Å². The fourth-order valence-electron chi connectivity index (χ4n) is 3.00.